The van der Waals surface area contributed by atoms with Gasteiger partial charge in [0.25, 0.3) is 5.56 Å². The van der Waals surface area contributed by atoms with Crippen LogP contribution in [0, 0.1) is 0 Å². The van der Waals surface area contributed by atoms with E-state index in [1.54, 1.807) is 25.4 Å². The summed E-state index contributed by atoms with van der Waals surface area (Å²) in [7, 11) is 1.67. The Morgan fingerprint density at radius 2 is 2.20 bits per heavy atom. The number of pyridine rings is 1. The van der Waals surface area contributed by atoms with Crippen molar-refractivity contribution in [1.29, 1.82) is 0 Å². The summed E-state index contributed by atoms with van der Waals surface area (Å²) in [5.41, 5.74) is 0.547. The number of aromatic nitrogens is 3. The van der Waals surface area contributed by atoms with E-state index in [2.05, 4.69) is 29.2 Å². The van der Waals surface area contributed by atoms with Crippen LogP contribution in [0.25, 0.3) is 10.9 Å². The first-order valence-electron chi connectivity index (χ1n) is 7.26. The predicted octanol–water partition coefficient (Wildman–Crippen LogP) is 2.71. The molecule has 1 atom stereocenters. The van der Waals surface area contributed by atoms with E-state index >= 15 is 0 Å². The van der Waals surface area contributed by atoms with Gasteiger partial charge in [0.15, 0.2) is 5.82 Å². The fourth-order valence-corrected chi connectivity index (χ4v) is 2.30. The number of fused-ring (bicyclic) bond motifs is 1. The lowest BCUT2D eigenvalue weighted by Gasteiger charge is -2.18. The van der Waals surface area contributed by atoms with E-state index in [1.807, 2.05) is 0 Å². The monoisotopic (exact) mass is 274 g/mol. The van der Waals surface area contributed by atoms with Crippen LogP contribution in [0.2, 0.25) is 0 Å². The van der Waals surface area contributed by atoms with Crippen LogP contribution in [0.4, 0.5) is 5.82 Å². The van der Waals surface area contributed by atoms with Crippen molar-refractivity contribution in [3.05, 3.63) is 28.7 Å². The Hall–Kier alpha value is -1.91. The third-order valence-electron chi connectivity index (χ3n) is 3.55. The first kappa shape index (κ1) is 14.5. The quantitative estimate of drug-likeness (QED) is 0.880. The van der Waals surface area contributed by atoms with Crippen LogP contribution in [0.1, 0.15) is 39.5 Å². The molecule has 20 heavy (non-hydrogen) atoms. The molecule has 0 aliphatic rings. The van der Waals surface area contributed by atoms with Gasteiger partial charge in [0.1, 0.15) is 5.52 Å². The zero-order valence-electron chi connectivity index (χ0n) is 12.4. The van der Waals surface area contributed by atoms with Crippen molar-refractivity contribution in [3.8, 4) is 0 Å². The minimum atomic E-state index is -0.111. The van der Waals surface area contributed by atoms with E-state index in [0.29, 0.717) is 22.8 Å². The van der Waals surface area contributed by atoms with Gasteiger partial charge in [0, 0.05) is 19.3 Å². The standard InChI is InChI=1S/C15H22N4O/c1-4-6-8-11(5-2)17-14-13-12(9-7-10-16-13)15(20)19(3)18-14/h7,9-11H,4-6,8H2,1-3H3,(H,17,18). The molecule has 0 saturated carbocycles. The van der Waals surface area contributed by atoms with Crippen LogP contribution < -0.4 is 10.9 Å². The second-order valence-corrected chi connectivity index (χ2v) is 5.07. The normalized spacial score (nSPS) is 12.6. The molecule has 5 heteroatoms. The number of nitrogens with zero attached hydrogens (tertiary/aromatic N) is 3. The molecule has 0 saturated heterocycles. The maximum atomic E-state index is 12.0. The van der Waals surface area contributed by atoms with Gasteiger partial charge < -0.3 is 5.32 Å². The second kappa shape index (κ2) is 6.50. The molecule has 0 fully saturated rings. The van der Waals surface area contributed by atoms with Crippen molar-refractivity contribution in [2.45, 2.75) is 45.6 Å². The number of hydrogen-bond acceptors (Lipinski definition) is 4. The van der Waals surface area contributed by atoms with Crippen molar-refractivity contribution in [3.63, 3.8) is 0 Å². The highest BCUT2D eigenvalue weighted by molar-refractivity contribution is 5.86. The highest BCUT2D eigenvalue weighted by atomic mass is 16.1. The van der Waals surface area contributed by atoms with Crippen molar-refractivity contribution in [2.24, 2.45) is 7.05 Å². The van der Waals surface area contributed by atoms with Gasteiger partial charge in [-0.25, -0.2) is 4.68 Å². The maximum Gasteiger partial charge on any atom is 0.276 e. The fourth-order valence-electron chi connectivity index (χ4n) is 2.30. The third kappa shape index (κ3) is 2.98. The molecule has 0 spiro atoms. The van der Waals surface area contributed by atoms with E-state index < -0.39 is 0 Å². The summed E-state index contributed by atoms with van der Waals surface area (Å²) >= 11 is 0. The minimum Gasteiger partial charge on any atom is -0.364 e. The third-order valence-corrected chi connectivity index (χ3v) is 3.55. The zero-order valence-corrected chi connectivity index (χ0v) is 12.4. The Labute approximate surface area is 119 Å². The number of unbranched alkanes of at least 4 members (excludes halogenated alkanes) is 1. The smallest absolute Gasteiger partial charge is 0.276 e. The average Bonchev–Trinajstić information content (AvgIpc) is 2.48. The average molecular weight is 274 g/mol. The van der Waals surface area contributed by atoms with Crippen LogP contribution in [-0.4, -0.2) is 20.8 Å². The minimum absolute atomic E-state index is 0.111. The number of rotatable bonds is 6. The molecule has 0 radical (unpaired) electrons. The molecule has 2 aromatic rings. The lowest BCUT2D eigenvalue weighted by molar-refractivity contribution is 0.587. The highest BCUT2D eigenvalue weighted by Gasteiger charge is 2.13. The summed E-state index contributed by atoms with van der Waals surface area (Å²) in [5.74, 6) is 0.700. The number of hydrogen-bond donors (Lipinski definition) is 1. The van der Waals surface area contributed by atoms with E-state index in [4.69, 9.17) is 0 Å². The van der Waals surface area contributed by atoms with E-state index in [9.17, 15) is 4.79 Å². The molecule has 2 rings (SSSR count). The molecule has 2 aromatic heterocycles. The number of nitrogens with one attached hydrogen (secondary N) is 1. The predicted molar refractivity (Wildman–Crippen MR) is 82.0 cm³/mol. The molecule has 1 unspecified atom stereocenters. The zero-order chi connectivity index (χ0) is 14.5. The van der Waals surface area contributed by atoms with Crippen LogP contribution in [0.5, 0.6) is 0 Å². The molecule has 1 N–H and O–H groups in total. The molecule has 0 aliphatic carbocycles. The Kier molecular flexibility index (Phi) is 4.71. The Morgan fingerprint density at radius 3 is 2.90 bits per heavy atom. The molecule has 0 bridgehead atoms. The molecular formula is C15H22N4O. The van der Waals surface area contributed by atoms with Gasteiger partial charge in [-0.1, -0.05) is 26.7 Å². The summed E-state index contributed by atoms with van der Waals surface area (Å²) in [6.45, 7) is 4.35. The fraction of sp³-hybridized carbons (Fsp3) is 0.533. The van der Waals surface area contributed by atoms with Crippen molar-refractivity contribution in [2.75, 3.05) is 5.32 Å². The summed E-state index contributed by atoms with van der Waals surface area (Å²) < 4.78 is 1.37. The van der Waals surface area contributed by atoms with Gasteiger partial charge >= 0.3 is 0 Å². The van der Waals surface area contributed by atoms with Crippen LogP contribution in [0.3, 0.4) is 0 Å². The first-order valence-corrected chi connectivity index (χ1v) is 7.26. The van der Waals surface area contributed by atoms with Gasteiger partial charge in [0.2, 0.25) is 0 Å². The largest absolute Gasteiger partial charge is 0.364 e. The summed E-state index contributed by atoms with van der Waals surface area (Å²) in [6.07, 6.45) is 6.19. The molecule has 2 heterocycles. The van der Waals surface area contributed by atoms with Crippen molar-refractivity contribution < 1.29 is 0 Å². The molecular weight excluding hydrogens is 252 g/mol. The first-order chi connectivity index (χ1) is 9.67. The van der Waals surface area contributed by atoms with E-state index in [1.165, 1.54) is 17.5 Å². The highest BCUT2D eigenvalue weighted by Crippen LogP contribution is 2.18. The van der Waals surface area contributed by atoms with Crippen LogP contribution in [0.15, 0.2) is 23.1 Å². The summed E-state index contributed by atoms with van der Waals surface area (Å²) in [5, 5.41) is 8.38. The Balaban J connectivity index is 2.39. The van der Waals surface area contributed by atoms with Gasteiger partial charge in [-0.2, -0.15) is 5.10 Å². The number of aryl methyl sites for hydroxylation is 1. The van der Waals surface area contributed by atoms with Gasteiger partial charge in [-0.05, 0) is 25.0 Å². The number of anilines is 1. The topological polar surface area (TPSA) is 59.8 Å². The molecule has 5 nitrogen and oxygen atoms in total. The van der Waals surface area contributed by atoms with Crippen molar-refractivity contribution >= 4 is 16.7 Å². The van der Waals surface area contributed by atoms with E-state index in [0.717, 1.165) is 12.8 Å². The Morgan fingerprint density at radius 1 is 1.40 bits per heavy atom. The second-order valence-electron chi connectivity index (χ2n) is 5.07. The summed E-state index contributed by atoms with van der Waals surface area (Å²) in [6, 6.07) is 3.94. The summed E-state index contributed by atoms with van der Waals surface area (Å²) in [4.78, 5) is 16.4. The van der Waals surface area contributed by atoms with E-state index in [-0.39, 0.29) is 5.56 Å². The SMILES string of the molecule is CCCCC(CC)Nc1nn(C)c(=O)c2cccnc12. The van der Waals surface area contributed by atoms with Crippen LogP contribution in [-0.2, 0) is 7.05 Å². The van der Waals surface area contributed by atoms with Gasteiger partial charge in [-0.3, -0.25) is 9.78 Å². The molecule has 0 aromatic carbocycles. The Bertz CT molecular complexity index is 635. The maximum absolute atomic E-state index is 12.0. The van der Waals surface area contributed by atoms with Crippen LogP contribution >= 0.6 is 0 Å². The molecule has 0 aliphatic heterocycles. The lowest BCUT2D eigenvalue weighted by atomic mass is 10.1. The van der Waals surface area contributed by atoms with Gasteiger partial charge in [0.05, 0.1) is 5.39 Å². The lowest BCUT2D eigenvalue weighted by Crippen LogP contribution is -2.25. The van der Waals surface area contributed by atoms with Crippen molar-refractivity contribution in [1.82, 2.24) is 14.8 Å². The molecule has 0 amide bonds. The molecule has 108 valence electrons. The van der Waals surface area contributed by atoms with Gasteiger partial charge in [-0.15, -0.1) is 0 Å².